The highest BCUT2D eigenvalue weighted by Gasteiger charge is 2.28. The van der Waals surface area contributed by atoms with Gasteiger partial charge in [0.25, 0.3) is 5.91 Å². The summed E-state index contributed by atoms with van der Waals surface area (Å²) in [7, 11) is 0. The van der Waals surface area contributed by atoms with Gasteiger partial charge in [-0.2, -0.15) is 0 Å². The van der Waals surface area contributed by atoms with Gasteiger partial charge in [0.15, 0.2) is 0 Å². The van der Waals surface area contributed by atoms with E-state index in [0.29, 0.717) is 48.3 Å². The van der Waals surface area contributed by atoms with Crippen LogP contribution in [0.1, 0.15) is 15.9 Å². The third-order valence-corrected chi connectivity index (χ3v) is 5.92. The van der Waals surface area contributed by atoms with E-state index in [2.05, 4.69) is 11.0 Å². The lowest BCUT2D eigenvalue weighted by molar-refractivity contribution is -0.120. The first-order valence-corrected chi connectivity index (χ1v) is 10.1. The summed E-state index contributed by atoms with van der Waals surface area (Å²) < 4.78 is 0. The summed E-state index contributed by atoms with van der Waals surface area (Å²) in [6.45, 7) is 3.59. The quantitative estimate of drug-likeness (QED) is 0.768. The predicted octanol–water partition coefficient (Wildman–Crippen LogP) is 3.34. The van der Waals surface area contributed by atoms with E-state index in [1.807, 2.05) is 23.1 Å². The second-order valence-corrected chi connectivity index (χ2v) is 7.96. The smallest absolute Gasteiger partial charge is 0.255 e. The summed E-state index contributed by atoms with van der Waals surface area (Å²) in [6.07, 6.45) is 0.909. The summed E-state index contributed by atoms with van der Waals surface area (Å²) in [5.74, 6) is 0.0200. The summed E-state index contributed by atoms with van der Waals surface area (Å²) >= 11 is 12.1. The van der Waals surface area contributed by atoms with Gasteiger partial charge in [0.05, 0.1) is 17.1 Å². The zero-order chi connectivity index (χ0) is 19.7. The first-order chi connectivity index (χ1) is 13.5. The molecule has 0 aromatic heterocycles. The molecule has 1 fully saturated rings. The predicted molar refractivity (Wildman–Crippen MR) is 111 cm³/mol. The van der Waals surface area contributed by atoms with Crippen LogP contribution in [0.3, 0.4) is 0 Å². The lowest BCUT2D eigenvalue weighted by Gasteiger charge is -2.35. The number of halogens is 2. The Balaban J connectivity index is 1.33. The number of nitrogens with zero attached hydrogens (tertiary/aromatic N) is 3. The van der Waals surface area contributed by atoms with Crippen molar-refractivity contribution in [1.82, 2.24) is 9.80 Å². The van der Waals surface area contributed by atoms with Crippen molar-refractivity contribution in [2.75, 3.05) is 44.2 Å². The molecular weight excluding hydrogens is 397 g/mol. The Labute approximate surface area is 174 Å². The Morgan fingerprint density at radius 3 is 2.43 bits per heavy atom. The summed E-state index contributed by atoms with van der Waals surface area (Å²) in [5, 5.41) is 0.871. The second kappa shape index (κ2) is 8.11. The van der Waals surface area contributed by atoms with Crippen molar-refractivity contribution in [1.29, 1.82) is 0 Å². The average molecular weight is 418 g/mol. The molecule has 0 atom stereocenters. The molecule has 146 valence electrons. The molecular formula is C21H21Cl2N3O2. The number of hydrogen-bond acceptors (Lipinski definition) is 3. The standard InChI is InChI=1S/C21H21Cl2N3O2/c22-16-5-6-17(18(23)13-16)21(28)25-11-9-24(10-12-25)14-20(27)26-8-7-15-3-1-2-4-19(15)26/h1-6,13H,7-12,14H2. The van der Waals surface area contributed by atoms with Crippen LogP contribution in [0.4, 0.5) is 5.69 Å². The number of carbonyl (C=O) groups is 2. The Morgan fingerprint density at radius 2 is 1.68 bits per heavy atom. The average Bonchev–Trinajstić information content (AvgIpc) is 3.12. The molecule has 2 aromatic rings. The first kappa shape index (κ1) is 19.2. The van der Waals surface area contributed by atoms with Crippen LogP contribution in [0, 0.1) is 0 Å². The van der Waals surface area contributed by atoms with Gasteiger partial charge in [0.1, 0.15) is 0 Å². The number of rotatable bonds is 3. The zero-order valence-electron chi connectivity index (χ0n) is 15.4. The lowest BCUT2D eigenvalue weighted by atomic mass is 10.1. The van der Waals surface area contributed by atoms with E-state index in [4.69, 9.17) is 23.2 Å². The molecule has 0 unspecified atom stereocenters. The number of piperazine rings is 1. The Morgan fingerprint density at radius 1 is 0.929 bits per heavy atom. The summed E-state index contributed by atoms with van der Waals surface area (Å²) in [6, 6.07) is 13.0. The molecule has 5 nitrogen and oxygen atoms in total. The highest BCUT2D eigenvalue weighted by molar-refractivity contribution is 6.36. The molecule has 1 saturated heterocycles. The molecule has 2 aliphatic heterocycles. The van der Waals surface area contributed by atoms with Gasteiger partial charge in [-0.15, -0.1) is 0 Å². The molecule has 2 heterocycles. The monoisotopic (exact) mass is 417 g/mol. The van der Waals surface area contributed by atoms with E-state index >= 15 is 0 Å². The van der Waals surface area contributed by atoms with Crippen molar-refractivity contribution < 1.29 is 9.59 Å². The fourth-order valence-corrected chi connectivity index (χ4v) is 4.31. The first-order valence-electron chi connectivity index (χ1n) is 9.38. The molecule has 4 rings (SSSR count). The zero-order valence-corrected chi connectivity index (χ0v) is 16.9. The van der Waals surface area contributed by atoms with Crippen LogP contribution in [0.5, 0.6) is 0 Å². The van der Waals surface area contributed by atoms with E-state index in [0.717, 1.165) is 18.7 Å². The van der Waals surface area contributed by atoms with Crippen LogP contribution in [0.2, 0.25) is 10.0 Å². The molecule has 0 spiro atoms. The largest absolute Gasteiger partial charge is 0.336 e. The maximum Gasteiger partial charge on any atom is 0.255 e. The van der Waals surface area contributed by atoms with Gasteiger partial charge < -0.3 is 9.80 Å². The van der Waals surface area contributed by atoms with Crippen LogP contribution < -0.4 is 4.90 Å². The molecule has 0 N–H and O–H groups in total. The molecule has 2 aliphatic rings. The van der Waals surface area contributed by atoms with Crippen molar-refractivity contribution in [2.45, 2.75) is 6.42 Å². The molecule has 28 heavy (non-hydrogen) atoms. The van der Waals surface area contributed by atoms with Gasteiger partial charge in [0.2, 0.25) is 5.91 Å². The number of anilines is 1. The molecule has 2 aromatic carbocycles. The van der Waals surface area contributed by atoms with Crippen LogP contribution in [-0.2, 0) is 11.2 Å². The van der Waals surface area contributed by atoms with Crippen molar-refractivity contribution in [2.24, 2.45) is 0 Å². The third-order valence-electron chi connectivity index (χ3n) is 5.37. The second-order valence-electron chi connectivity index (χ2n) is 7.12. The highest BCUT2D eigenvalue weighted by atomic mass is 35.5. The number of hydrogen-bond donors (Lipinski definition) is 0. The molecule has 0 bridgehead atoms. The van der Waals surface area contributed by atoms with E-state index in [9.17, 15) is 9.59 Å². The van der Waals surface area contributed by atoms with Gasteiger partial charge in [-0.1, -0.05) is 41.4 Å². The van der Waals surface area contributed by atoms with Crippen molar-refractivity contribution >= 4 is 40.7 Å². The Hall–Kier alpha value is -2.08. The summed E-state index contributed by atoms with van der Waals surface area (Å²) in [4.78, 5) is 31.2. The Bertz CT molecular complexity index is 910. The highest BCUT2D eigenvalue weighted by Crippen LogP contribution is 2.27. The third kappa shape index (κ3) is 3.88. The van der Waals surface area contributed by atoms with Gasteiger partial charge >= 0.3 is 0 Å². The van der Waals surface area contributed by atoms with Gasteiger partial charge in [-0.25, -0.2) is 0 Å². The normalized spacial score (nSPS) is 16.9. The topological polar surface area (TPSA) is 43.9 Å². The minimum atomic E-state index is -0.0962. The number of para-hydroxylation sites is 1. The van der Waals surface area contributed by atoms with E-state index in [1.165, 1.54) is 5.56 Å². The maximum atomic E-state index is 12.8. The fraction of sp³-hybridized carbons (Fsp3) is 0.333. The molecule has 0 aliphatic carbocycles. The van der Waals surface area contributed by atoms with Crippen molar-refractivity contribution in [3.05, 3.63) is 63.6 Å². The fourth-order valence-electron chi connectivity index (χ4n) is 3.82. The van der Waals surface area contributed by atoms with Crippen LogP contribution >= 0.6 is 23.2 Å². The minimum Gasteiger partial charge on any atom is -0.336 e. The number of carbonyl (C=O) groups excluding carboxylic acids is 2. The van der Waals surface area contributed by atoms with Crippen LogP contribution in [0.25, 0.3) is 0 Å². The van der Waals surface area contributed by atoms with Crippen molar-refractivity contribution in [3.8, 4) is 0 Å². The van der Waals surface area contributed by atoms with E-state index in [1.54, 1.807) is 23.1 Å². The summed E-state index contributed by atoms with van der Waals surface area (Å²) in [5.41, 5.74) is 2.72. The van der Waals surface area contributed by atoms with Crippen molar-refractivity contribution in [3.63, 3.8) is 0 Å². The van der Waals surface area contributed by atoms with Gasteiger partial charge in [-0.05, 0) is 36.2 Å². The molecule has 0 saturated carbocycles. The van der Waals surface area contributed by atoms with Gasteiger partial charge in [0, 0.05) is 43.4 Å². The molecule has 2 amide bonds. The number of fused-ring (bicyclic) bond motifs is 1. The number of amides is 2. The van der Waals surface area contributed by atoms with E-state index < -0.39 is 0 Å². The van der Waals surface area contributed by atoms with Crippen LogP contribution in [0.15, 0.2) is 42.5 Å². The van der Waals surface area contributed by atoms with Crippen LogP contribution in [-0.4, -0.2) is 60.9 Å². The maximum absolute atomic E-state index is 12.8. The number of benzene rings is 2. The van der Waals surface area contributed by atoms with E-state index in [-0.39, 0.29) is 11.8 Å². The minimum absolute atomic E-state index is 0.0962. The molecule has 7 heteroatoms. The lowest BCUT2D eigenvalue weighted by Crippen LogP contribution is -2.51. The SMILES string of the molecule is O=C(c1ccc(Cl)cc1Cl)N1CCN(CC(=O)N2CCc3ccccc32)CC1. The Kier molecular flexibility index (Phi) is 5.58. The van der Waals surface area contributed by atoms with Gasteiger partial charge in [-0.3, -0.25) is 14.5 Å². The molecule has 0 radical (unpaired) electrons.